The Bertz CT molecular complexity index is 850. The molecule has 0 saturated heterocycles. The number of para-hydroxylation sites is 1. The van der Waals surface area contributed by atoms with Crippen molar-refractivity contribution in [3.05, 3.63) is 83.7 Å². The van der Waals surface area contributed by atoms with Crippen molar-refractivity contribution >= 4 is 17.5 Å². The summed E-state index contributed by atoms with van der Waals surface area (Å²) < 4.78 is 0. The zero-order valence-corrected chi connectivity index (χ0v) is 14.3. The van der Waals surface area contributed by atoms with E-state index in [0.29, 0.717) is 18.2 Å². The van der Waals surface area contributed by atoms with Crippen LogP contribution >= 0.6 is 0 Å². The first-order valence-corrected chi connectivity index (χ1v) is 8.09. The summed E-state index contributed by atoms with van der Waals surface area (Å²) in [5, 5.41) is 3.14. The molecule has 0 radical (unpaired) electrons. The molecule has 0 aliphatic carbocycles. The molecule has 2 aromatic carbocycles. The van der Waals surface area contributed by atoms with Crippen molar-refractivity contribution in [1.29, 1.82) is 0 Å². The molecule has 3 aromatic rings. The Hall–Kier alpha value is -3.21. The van der Waals surface area contributed by atoms with Crippen molar-refractivity contribution in [2.24, 2.45) is 0 Å². The van der Waals surface area contributed by atoms with Crippen LogP contribution in [0.25, 0.3) is 0 Å². The summed E-state index contributed by atoms with van der Waals surface area (Å²) in [5.41, 5.74) is 3.07. The summed E-state index contributed by atoms with van der Waals surface area (Å²) in [7, 11) is 1.77. The topological polar surface area (TPSA) is 58.1 Å². The highest BCUT2D eigenvalue weighted by Gasteiger charge is 2.15. The monoisotopic (exact) mass is 332 g/mol. The molecule has 0 bridgehead atoms. The SMILES string of the molecule is Cc1cc(C(=O)N(C)Cc2ccccc2)nc(Nc2ccccc2)n1. The van der Waals surface area contributed by atoms with E-state index in [2.05, 4.69) is 15.3 Å². The number of aryl methyl sites for hydroxylation is 1. The molecule has 0 fully saturated rings. The standard InChI is InChI=1S/C20H20N4O/c1-15-13-18(19(25)24(2)14-16-9-5-3-6-10-16)23-20(21-15)22-17-11-7-4-8-12-17/h3-13H,14H2,1-2H3,(H,21,22,23). The van der Waals surface area contributed by atoms with Gasteiger partial charge in [0.15, 0.2) is 0 Å². The van der Waals surface area contributed by atoms with E-state index in [1.165, 1.54) is 0 Å². The van der Waals surface area contributed by atoms with Crippen molar-refractivity contribution in [3.63, 3.8) is 0 Å². The number of hydrogen-bond donors (Lipinski definition) is 1. The van der Waals surface area contributed by atoms with E-state index in [4.69, 9.17) is 0 Å². The first kappa shape index (κ1) is 16.6. The van der Waals surface area contributed by atoms with Gasteiger partial charge in [0.05, 0.1) is 0 Å². The number of nitrogens with zero attached hydrogens (tertiary/aromatic N) is 3. The minimum Gasteiger partial charge on any atom is -0.336 e. The number of benzene rings is 2. The Kier molecular flexibility index (Phi) is 5.04. The summed E-state index contributed by atoms with van der Waals surface area (Å²) in [6.45, 7) is 2.38. The van der Waals surface area contributed by atoms with E-state index in [9.17, 15) is 4.79 Å². The lowest BCUT2D eigenvalue weighted by Crippen LogP contribution is -2.27. The van der Waals surface area contributed by atoms with Gasteiger partial charge in [-0.05, 0) is 30.7 Å². The Morgan fingerprint density at radius 1 is 1.00 bits per heavy atom. The Morgan fingerprint density at radius 2 is 1.64 bits per heavy atom. The Labute approximate surface area is 147 Å². The van der Waals surface area contributed by atoms with Crippen molar-refractivity contribution in [1.82, 2.24) is 14.9 Å². The zero-order chi connectivity index (χ0) is 17.6. The summed E-state index contributed by atoms with van der Waals surface area (Å²) in [6, 6.07) is 21.2. The number of carbonyl (C=O) groups excluding carboxylic acids is 1. The largest absolute Gasteiger partial charge is 0.336 e. The quantitative estimate of drug-likeness (QED) is 0.772. The van der Waals surface area contributed by atoms with Gasteiger partial charge in [0, 0.05) is 25.0 Å². The number of nitrogens with one attached hydrogen (secondary N) is 1. The van der Waals surface area contributed by atoms with Gasteiger partial charge in [-0.25, -0.2) is 9.97 Å². The normalized spacial score (nSPS) is 10.3. The highest BCUT2D eigenvalue weighted by atomic mass is 16.2. The molecule has 126 valence electrons. The maximum atomic E-state index is 12.7. The van der Waals surface area contributed by atoms with E-state index in [1.54, 1.807) is 18.0 Å². The van der Waals surface area contributed by atoms with Crippen molar-refractivity contribution < 1.29 is 4.79 Å². The van der Waals surface area contributed by atoms with Crippen LogP contribution in [-0.4, -0.2) is 27.8 Å². The summed E-state index contributed by atoms with van der Waals surface area (Å²) in [5.74, 6) is 0.285. The third-order valence-corrected chi connectivity index (χ3v) is 3.71. The van der Waals surface area contributed by atoms with E-state index in [1.807, 2.05) is 67.6 Å². The molecule has 0 aliphatic heterocycles. The second-order valence-electron chi connectivity index (χ2n) is 5.86. The lowest BCUT2D eigenvalue weighted by Gasteiger charge is -2.17. The van der Waals surface area contributed by atoms with Gasteiger partial charge in [-0.2, -0.15) is 0 Å². The predicted octanol–water partition coefficient (Wildman–Crippen LogP) is 3.80. The second-order valence-corrected chi connectivity index (χ2v) is 5.86. The van der Waals surface area contributed by atoms with Gasteiger partial charge in [-0.1, -0.05) is 48.5 Å². The van der Waals surface area contributed by atoms with Crippen LogP contribution in [0.4, 0.5) is 11.6 Å². The predicted molar refractivity (Wildman–Crippen MR) is 98.7 cm³/mol. The summed E-state index contributed by atoms with van der Waals surface area (Å²) in [4.78, 5) is 23.1. The number of rotatable bonds is 5. The van der Waals surface area contributed by atoms with E-state index in [0.717, 1.165) is 16.9 Å². The molecule has 1 heterocycles. The van der Waals surface area contributed by atoms with Gasteiger partial charge in [0.1, 0.15) is 5.69 Å². The maximum Gasteiger partial charge on any atom is 0.272 e. The van der Waals surface area contributed by atoms with Crippen molar-refractivity contribution in [2.45, 2.75) is 13.5 Å². The molecule has 1 N–H and O–H groups in total. The smallest absolute Gasteiger partial charge is 0.272 e. The lowest BCUT2D eigenvalue weighted by atomic mass is 10.2. The van der Waals surface area contributed by atoms with E-state index >= 15 is 0 Å². The fourth-order valence-corrected chi connectivity index (χ4v) is 2.51. The molecule has 3 rings (SSSR count). The van der Waals surface area contributed by atoms with Gasteiger partial charge >= 0.3 is 0 Å². The number of amides is 1. The van der Waals surface area contributed by atoms with Crippen LogP contribution < -0.4 is 5.32 Å². The van der Waals surface area contributed by atoms with Gasteiger partial charge in [-0.15, -0.1) is 0 Å². The van der Waals surface area contributed by atoms with Crippen molar-refractivity contribution in [3.8, 4) is 0 Å². The van der Waals surface area contributed by atoms with Gasteiger partial charge < -0.3 is 10.2 Å². The molecule has 0 saturated carbocycles. The first-order chi connectivity index (χ1) is 12.1. The molecule has 0 atom stereocenters. The highest BCUT2D eigenvalue weighted by molar-refractivity contribution is 5.92. The minimum absolute atomic E-state index is 0.134. The van der Waals surface area contributed by atoms with E-state index in [-0.39, 0.29) is 5.91 Å². The second kappa shape index (κ2) is 7.57. The van der Waals surface area contributed by atoms with Crippen molar-refractivity contribution in [2.75, 3.05) is 12.4 Å². The molecule has 0 unspecified atom stereocenters. The number of carbonyl (C=O) groups is 1. The Morgan fingerprint density at radius 3 is 2.32 bits per heavy atom. The number of aromatic nitrogens is 2. The molecular formula is C20H20N4O. The molecule has 0 spiro atoms. The fourth-order valence-electron chi connectivity index (χ4n) is 2.51. The fraction of sp³-hybridized carbons (Fsp3) is 0.150. The van der Waals surface area contributed by atoms with Gasteiger partial charge in [-0.3, -0.25) is 4.79 Å². The number of hydrogen-bond acceptors (Lipinski definition) is 4. The molecule has 0 aliphatic rings. The molecule has 5 heteroatoms. The van der Waals surface area contributed by atoms with Gasteiger partial charge in [0.25, 0.3) is 5.91 Å². The first-order valence-electron chi connectivity index (χ1n) is 8.09. The lowest BCUT2D eigenvalue weighted by molar-refractivity contribution is 0.0779. The molecule has 1 aromatic heterocycles. The minimum atomic E-state index is -0.134. The highest BCUT2D eigenvalue weighted by Crippen LogP contribution is 2.14. The third kappa shape index (κ3) is 4.41. The molecule has 5 nitrogen and oxygen atoms in total. The van der Waals surface area contributed by atoms with Crippen LogP contribution in [0.1, 0.15) is 21.7 Å². The number of anilines is 2. The van der Waals surface area contributed by atoms with E-state index < -0.39 is 0 Å². The van der Waals surface area contributed by atoms with Crippen LogP contribution in [-0.2, 0) is 6.54 Å². The molecule has 1 amide bonds. The average Bonchev–Trinajstić information content (AvgIpc) is 2.62. The third-order valence-electron chi connectivity index (χ3n) is 3.71. The summed E-state index contributed by atoms with van der Waals surface area (Å²) in [6.07, 6.45) is 0. The van der Waals surface area contributed by atoms with Crippen LogP contribution in [0.3, 0.4) is 0 Å². The van der Waals surface area contributed by atoms with Crippen LogP contribution in [0, 0.1) is 6.92 Å². The zero-order valence-electron chi connectivity index (χ0n) is 14.3. The maximum absolute atomic E-state index is 12.7. The Balaban J connectivity index is 1.78. The summed E-state index contributed by atoms with van der Waals surface area (Å²) >= 11 is 0. The molecule has 25 heavy (non-hydrogen) atoms. The van der Waals surface area contributed by atoms with Crippen LogP contribution in [0.15, 0.2) is 66.7 Å². The van der Waals surface area contributed by atoms with Gasteiger partial charge in [0.2, 0.25) is 5.95 Å². The average molecular weight is 332 g/mol. The van der Waals surface area contributed by atoms with Crippen LogP contribution in [0.5, 0.6) is 0 Å². The molecular weight excluding hydrogens is 312 g/mol. The van der Waals surface area contributed by atoms with Crippen LogP contribution in [0.2, 0.25) is 0 Å².